The van der Waals surface area contributed by atoms with Gasteiger partial charge in [0.05, 0.1) is 0 Å². The van der Waals surface area contributed by atoms with Gasteiger partial charge in [-0.05, 0) is 50.9 Å². The minimum absolute atomic E-state index is 0.172. The molecule has 0 aromatic rings. The summed E-state index contributed by atoms with van der Waals surface area (Å²) >= 11 is 0. The molecule has 0 bridgehead atoms. The van der Waals surface area contributed by atoms with Crippen LogP contribution in [0.25, 0.3) is 0 Å². The van der Waals surface area contributed by atoms with E-state index in [2.05, 4.69) is 25.2 Å². The third-order valence-electron chi connectivity index (χ3n) is 4.64. The molecule has 130 valence electrons. The van der Waals surface area contributed by atoms with Crippen molar-refractivity contribution < 1.29 is 14.7 Å². The first-order valence-corrected chi connectivity index (χ1v) is 9.19. The van der Waals surface area contributed by atoms with Gasteiger partial charge in [0, 0.05) is 18.8 Å². The molecule has 0 amide bonds. The summed E-state index contributed by atoms with van der Waals surface area (Å²) in [6, 6.07) is 0. The van der Waals surface area contributed by atoms with Crippen LogP contribution >= 0.6 is 0 Å². The standard InChI is InChI=1S/C20H32O3/c1-2-3-4-5-6-9-12-17-15-16-19(21)18(17)13-10-7-8-11-14-20(22)23/h6-7,9-10,17-18H,2-5,8,11-16H2,1H3,(H,22,23)/b9-6-,10-7-/t17-,18+/m1/s1. The molecular weight excluding hydrogens is 288 g/mol. The number of carbonyl (C=O) groups is 2. The number of carboxylic acid groups (broad SMARTS) is 1. The smallest absolute Gasteiger partial charge is 0.303 e. The summed E-state index contributed by atoms with van der Waals surface area (Å²) in [6.45, 7) is 2.22. The third-order valence-corrected chi connectivity index (χ3v) is 4.64. The topological polar surface area (TPSA) is 54.4 Å². The summed E-state index contributed by atoms with van der Waals surface area (Å²) in [6.07, 6.45) is 18.9. The average Bonchev–Trinajstić information content (AvgIpc) is 2.86. The fraction of sp³-hybridized carbons (Fsp3) is 0.700. The number of rotatable bonds is 12. The van der Waals surface area contributed by atoms with Crippen LogP contribution in [-0.4, -0.2) is 16.9 Å². The molecule has 3 heteroatoms. The van der Waals surface area contributed by atoms with E-state index in [1.807, 2.05) is 6.08 Å². The Hall–Kier alpha value is -1.38. The minimum Gasteiger partial charge on any atom is -0.481 e. The number of aliphatic carboxylic acids is 1. The number of carbonyl (C=O) groups excluding carboxylic acids is 1. The van der Waals surface area contributed by atoms with Crippen LogP contribution in [0.5, 0.6) is 0 Å². The fourth-order valence-electron chi connectivity index (χ4n) is 3.22. The zero-order valence-electron chi connectivity index (χ0n) is 14.5. The maximum Gasteiger partial charge on any atom is 0.303 e. The molecule has 3 nitrogen and oxygen atoms in total. The van der Waals surface area contributed by atoms with Crippen molar-refractivity contribution in [3.8, 4) is 0 Å². The van der Waals surface area contributed by atoms with Crippen LogP contribution in [0, 0.1) is 11.8 Å². The van der Waals surface area contributed by atoms with Gasteiger partial charge >= 0.3 is 5.97 Å². The van der Waals surface area contributed by atoms with Crippen LogP contribution in [0.2, 0.25) is 0 Å². The van der Waals surface area contributed by atoms with Crippen LogP contribution in [0.15, 0.2) is 24.3 Å². The van der Waals surface area contributed by atoms with Crippen molar-refractivity contribution in [2.24, 2.45) is 11.8 Å². The van der Waals surface area contributed by atoms with Gasteiger partial charge < -0.3 is 5.11 Å². The second kappa shape index (κ2) is 12.1. The van der Waals surface area contributed by atoms with Gasteiger partial charge in [0.1, 0.15) is 5.78 Å². The molecule has 0 aromatic carbocycles. The molecule has 1 aliphatic carbocycles. The number of ketones is 1. The van der Waals surface area contributed by atoms with E-state index >= 15 is 0 Å². The lowest BCUT2D eigenvalue weighted by Gasteiger charge is -2.14. The molecular formula is C20H32O3. The Morgan fingerprint density at radius 3 is 2.48 bits per heavy atom. The Kier molecular flexibility index (Phi) is 10.3. The predicted octanol–water partition coefficient (Wildman–Crippen LogP) is 5.31. The minimum atomic E-state index is -0.741. The Bertz CT molecular complexity index is 409. The molecule has 0 aliphatic heterocycles. The molecule has 0 aromatic heterocycles. The first-order chi connectivity index (χ1) is 11.1. The second-order valence-corrected chi connectivity index (χ2v) is 6.57. The molecule has 1 rings (SSSR count). The molecule has 0 radical (unpaired) electrons. The lowest BCUT2D eigenvalue weighted by atomic mass is 9.89. The Labute approximate surface area is 140 Å². The van der Waals surface area contributed by atoms with E-state index in [1.165, 1.54) is 19.3 Å². The summed E-state index contributed by atoms with van der Waals surface area (Å²) < 4.78 is 0. The van der Waals surface area contributed by atoms with Crippen molar-refractivity contribution in [1.82, 2.24) is 0 Å². The summed E-state index contributed by atoms with van der Waals surface area (Å²) in [5, 5.41) is 8.59. The van der Waals surface area contributed by atoms with Crippen LogP contribution in [0.4, 0.5) is 0 Å². The summed E-state index contributed by atoms with van der Waals surface area (Å²) in [5.74, 6) is 0.333. The van der Waals surface area contributed by atoms with Crippen molar-refractivity contribution in [3.63, 3.8) is 0 Å². The summed E-state index contributed by atoms with van der Waals surface area (Å²) in [5.41, 5.74) is 0. The van der Waals surface area contributed by atoms with Crippen molar-refractivity contribution >= 4 is 11.8 Å². The summed E-state index contributed by atoms with van der Waals surface area (Å²) in [4.78, 5) is 22.5. The molecule has 2 atom stereocenters. The molecule has 0 spiro atoms. The third kappa shape index (κ3) is 8.73. The number of carboxylic acids is 1. The monoisotopic (exact) mass is 320 g/mol. The molecule has 23 heavy (non-hydrogen) atoms. The SMILES string of the molecule is CCCCC/C=C\C[C@@H]1CCC(=O)[C@H]1C/C=C\CCCC(=O)O. The number of hydrogen-bond donors (Lipinski definition) is 1. The molecule has 1 aliphatic rings. The molecule has 1 saturated carbocycles. The van der Waals surface area contributed by atoms with Crippen molar-refractivity contribution in [2.75, 3.05) is 0 Å². The maximum atomic E-state index is 12.0. The number of hydrogen-bond acceptors (Lipinski definition) is 2. The van der Waals surface area contributed by atoms with Crippen molar-refractivity contribution in [2.45, 2.75) is 77.6 Å². The Morgan fingerprint density at radius 2 is 1.78 bits per heavy atom. The first kappa shape index (κ1) is 19.7. The lowest BCUT2D eigenvalue weighted by molar-refractivity contribution is -0.137. The number of unbranched alkanes of at least 4 members (excludes halogenated alkanes) is 4. The van der Waals surface area contributed by atoms with Gasteiger partial charge in [0.2, 0.25) is 0 Å². The van der Waals surface area contributed by atoms with Gasteiger partial charge in [-0.1, -0.05) is 44.1 Å². The molecule has 0 saturated heterocycles. The highest BCUT2D eigenvalue weighted by molar-refractivity contribution is 5.83. The van der Waals surface area contributed by atoms with Gasteiger partial charge in [-0.3, -0.25) is 9.59 Å². The van der Waals surface area contributed by atoms with Crippen LogP contribution < -0.4 is 0 Å². The zero-order valence-corrected chi connectivity index (χ0v) is 14.5. The highest BCUT2D eigenvalue weighted by atomic mass is 16.4. The normalized spacial score (nSPS) is 21.7. The van der Waals surface area contributed by atoms with E-state index in [0.29, 0.717) is 18.1 Å². The van der Waals surface area contributed by atoms with E-state index in [9.17, 15) is 9.59 Å². The fourth-order valence-corrected chi connectivity index (χ4v) is 3.22. The van der Waals surface area contributed by atoms with E-state index in [1.54, 1.807) is 0 Å². The van der Waals surface area contributed by atoms with E-state index in [4.69, 9.17) is 5.11 Å². The van der Waals surface area contributed by atoms with Gasteiger partial charge in [-0.15, -0.1) is 0 Å². The zero-order chi connectivity index (χ0) is 16.9. The average molecular weight is 320 g/mol. The highest BCUT2D eigenvalue weighted by Crippen LogP contribution is 2.34. The second-order valence-electron chi connectivity index (χ2n) is 6.57. The van der Waals surface area contributed by atoms with Crippen LogP contribution in [-0.2, 0) is 9.59 Å². The number of Topliss-reactive ketones (excluding diaryl/α,β-unsaturated/α-hetero) is 1. The van der Waals surface area contributed by atoms with Gasteiger partial charge in [0.15, 0.2) is 0 Å². The molecule has 1 N–H and O–H groups in total. The summed E-state index contributed by atoms with van der Waals surface area (Å²) in [7, 11) is 0. The molecule has 1 fully saturated rings. The Morgan fingerprint density at radius 1 is 1.09 bits per heavy atom. The molecule has 0 unspecified atom stereocenters. The van der Waals surface area contributed by atoms with Crippen molar-refractivity contribution in [3.05, 3.63) is 24.3 Å². The van der Waals surface area contributed by atoms with E-state index < -0.39 is 5.97 Å². The van der Waals surface area contributed by atoms with E-state index in [-0.39, 0.29) is 12.3 Å². The molecule has 0 heterocycles. The van der Waals surface area contributed by atoms with Gasteiger partial charge in [0.25, 0.3) is 0 Å². The van der Waals surface area contributed by atoms with E-state index in [0.717, 1.165) is 38.5 Å². The van der Waals surface area contributed by atoms with Crippen molar-refractivity contribution in [1.29, 1.82) is 0 Å². The highest BCUT2D eigenvalue weighted by Gasteiger charge is 2.32. The number of allylic oxidation sites excluding steroid dienone is 4. The quantitative estimate of drug-likeness (QED) is 0.391. The first-order valence-electron chi connectivity index (χ1n) is 9.19. The van der Waals surface area contributed by atoms with Crippen LogP contribution in [0.1, 0.15) is 77.6 Å². The largest absolute Gasteiger partial charge is 0.481 e. The predicted molar refractivity (Wildman–Crippen MR) is 94.4 cm³/mol. The lowest BCUT2D eigenvalue weighted by Crippen LogP contribution is -2.13. The van der Waals surface area contributed by atoms with Gasteiger partial charge in [-0.25, -0.2) is 0 Å². The van der Waals surface area contributed by atoms with Crippen LogP contribution in [0.3, 0.4) is 0 Å². The van der Waals surface area contributed by atoms with Gasteiger partial charge in [-0.2, -0.15) is 0 Å². The maximum absolute atomic E-state index is 12.0. The Balaban J connectivity index is 2.26.